The lowest BCUT2D eigenvalue weighted by molar-refractivity contribution is -0.135. The Morgan fingerprint density at radius 3 is 2.51 bits per heavy atom. The van der Waals surface area contributed by atoms with E-state index in [9.17, 15) is 9.59 Å². The second-order valence-corrected chi connectivity index (χ2v) is 8.68. The molecule has 0 radical (unpaired) electrons. The summed E-state index contributed by atoms with van der Waals surface area (Å²) in [6.07, 6.45) is 7.19. The number of hydrogen-bond acceptors (Lipinski definition) is 4. The summed E-state index contributed by atoms with van der Waals surface area (Å²) in [5.74, 6) is -1.55. The molecule has 2 heterocycles. The molecule has 0 saturated heterocycles. The molecule has 5 rings (SSSR count). The number of amides is 1. The van der Waals surface area contributed by atoms with Crippen molar-refractivity contribution in [2.24, 2.45) is 0 Å². The highest BCUT2D eigenvalue weighted by Gasteiger charge is 2.19. The van der Waals surface area contributed by atoms with E-state index in [4.69, 9.17) is 10.4 Å². The van der Waals surface area contributed by atoms with E-state index in [2.05, 4.69) is 16.4 Å². The quantitative estimate of drug-likeness (QED) is 0.338. The summed E-state index contributed by atoms with van der Waals surface area (Å²) in [6.45, 7) is 0.584. The molecule has 0 spiro atoms. The first kappa shape index (κ1) is 23.6. The van der Waals surface area contributed by atoms with Crippen molar-refractivity contribution in [1.82, 2.24) is 19.4 Å². The van der Waals surface area contributed by atoms with Gasteiger partial charge in [-0.3, -0.25) is 9.59 Å². The molecule has 8 heteroatoms. The molecule has 0 aliphatic carbocycles. The summed E-state index contributed by atoms with van der Waals surface area (Å²) < 4.78 is 3.93. The van der Waals surface area contributed by atoms with Gasteiger partial charge in [0.2, 0.25) is 0 Å². The van der Waals surface area contributed by atoms with E-state index >= 15 is 0 Å². The SMILES string of the molecule is N#Cc1ccc(Cn2cncc2Cn2cc(C(=O)NCC(=O)O)c(-c3cccc4ccccc34)c2)cc1. The topological polar surface area (TPSA) is 113 Å². The zero-order valence-corrected chi connectivity index (χ0v) is 19.8. The normalized spacial score (nSPS) is 10.8. The number of nitriles is 1. The average molecular weight is 490 g/mol. The summed E-state index contributed by atoms with van der Waals surface area (Å²) in [6, 6.07) is 23.4. The van der Waals surface area contributed by atoms with Gasteiger partial charge in [-0.15, -0.1) is 0 Å². The van der Waals surface area contributed by atoms with E-state index in [1.165, 1.54) is 0 Å². The highest BCUT2D eigenvalue weighted by molar-refractivity contribution is 6.06. The molecule has 1 amide bonds. The zero-order valence-electron chi connectivity index (χ0n) is 19.8. The molecule has 8 nitrogen and oxygen atoms in total. The number of imidazole rings is 1. The van der Waals surface area contributed by atoms with Crippen molar-refractivity contribution < 1.29 is 14.7 Å². The number of benzene rings is 3. The van der Waals surface area contributed by atoms with E-state index < -0.39 is 18.4 Å². The van der Waals surface area contributed by atoms with E-state index in [-0.39, 0.29) is 0 Å². The van der Waals surface area contributed by atoms with Crippen LogP contribution in [0, 0.1) is 11.3 Å². The van der Waals surface area contributed by atoms with Gasteiger partial charge < -0.3 is 19.6 Å². The molecule has 182 valence electrons. The van der Waals surface area contributed by atoms with Gasteiger partial charge in [0.15, 0.2) is 0 Å². The Morgan fingerprint density at radius 1 is 0.946 bits per heavy atom. The molecule has 0 bridgehead atoms. The van der Waals surface area contributed by atoms with Crippen molar-refractivity contribution in [2.75, 3.05) is 6.54 Å². The third kappa shape index (κ3) is 5.11. The van der Waals surface area contributed by atoms with E-state index in [0.717, 1.165) is 33.2 Å². The number of aromatic nitrogens is 3. The molecular formula is C29H23N5O3. The third-order valence-electron chi connectivity index (χ3n) is 6.18. The molecule has 3 aromatic carbocycles. The fraction of sp³-hybridized carbons (Fsp3) is 0.103. The molecule has 0 saturated carbocycles. The van der Waals surface area contributed by atoms with Crippen molar-refractivity contribution in [3.63, 3.8) is 0 Å². The Bertz CT molecular complexity index is 1640. The summed E-state index contributed by atoms with van der Waals surface area (Å²) in [7, 11) is 0. The Labute approximate surface area is 213 Å². The van der Waals surface area contributed by atoms with Crippen LogP contribution in [0.4, 0.5) is 0 Å². The summed E-state index contributed by atoms with van der Waals surface area (Å²) in [4.78, 5) is 28.4. The standard InChI is InChI=1S/C29H23N5O3/c30-12-20-8-10-21(11-9-20)15-34-19-31-13-23(34)16-33-17-26(27(18-33)29(37)32-14-28(35)36)25-7-3-5-22-4-1-2-6-24(22)25/h1-11,13,17-19H,14-16H2,(H,32,37)(H,35,36). The minimum Gasteiger partial charge on any atom is -0.480 e. The van der Waals surface area contributed by atoms with Crippen molar-refractivity contribution in [3.05, 3.63) is 114 Å². The van der Waals surface area contributed by atoms with Gasteiger partial charge in [0.05, 0.1) is 35.8 Å². The molecule has 0 unspecified atom stereocenters. The first-order chi connectivity index (χ1) is 18.0. The molecule has 0 aliphatic heterocycles. The number of carbonyl (C=O) groups is 2. The lowest BCUT2D eigenvalue weighted by Gasteiger charge is -2.09. The lowest BCUT2D eigenvalue weighted by atomic mass is 9.97. The zero-order chi connectivity index (χ0) is 25.8. The summed E-state index contributed by atoms with van der Waals surface area (Å²) in [5.41, 5.74) is 4.59. The number of carboxylic acids is 1. The van der Waals surface area contributed by atoms with Crippen molar-refractivity contribution in [2.45, 2.75) is 13.1 Å². The first-order valence-electron chi connectivity index (χ1n) is 11.7. The van der Waals surface area contributed by atoms with Crippen LogP contribution < -0.4 is 5.32 Å². The Kier molecular flexibility index (Phi) is 6.51. The van der Waals surface area contributed by atoms with E-state index in [1.807, 2.05) is 69.9 Å². The number of rotatable bonds is 8. The molecule has 0 atom stereocenters. The first-order valence-corrected chi connectivity index (χ1v) is 11.7. The average Bonchev–Trinajstić information content (AvgIpc) is 3.54. The highest BCUT2D eigenvalue weighted by atomic mass is 16.4. The Hall–Kier alpha value is -5.16. The number of fused-ring (bicyclic) bond motifs is 1. The number of nitrogens with one attached hydrogen (secondary N) is 1. The number of aliphatic carboxylic acids is 1. The van der Waals surface area contributed by atoms with Crippen molar-refractivity contribution >= 4 is 22.6 Å². The summed E-state index contributed by atoms with van der Waals surface area (Å²) in [5, 5.41) is 22.6. The van der Waals surface area contributed by atoms with Gasteiger partial charge in [0.25, 0.3) is 5.91 Å². The number of nitrogens with zero attached hydrogens (tertiary/aromatic N) is 4. The second-order valence-electron chi connectivity index (χ2n) is 8.68. The van der Waals surface area contributed by atoms with Crippen LogP contribution in [0.25, 0.3) is 21.9 Å². The maximum absolute atomic E-state index is 13.0. The minimum absolute atomic E-state index is 0.399. The largest absolute Gasteiger partial charge is 0.480 e. The fourth-order valence-corrected chi connectivity index (χ4v) is 4.40. The predicted octanol–water partition coefficient (Wildman–Crippen LogP) is 4.29. The molecule has 37 heavy (non-hydrogen) atoms. The van der Waals surface area contributed by atoms with Gasteiger partial charge in [0, 0.05) is 30.7 Å². The maximum atomic E-state index is 13.0. The monoisotopic (exact) mass is 489 g/mol. The van der Waals surface area contributed by atoms with Crippen molar-refractivity contribution in [1.29, 1.82) is 5.26 Å². The predicted molar refractivity (Wildman–Crippen MR) is 139 cm³/mol. The third-order valence-corrected chi connectivity index (χ3v) is 6.18. The van der Waals surface area contributed by atoms with Crippen LogP contribution in [0.1, 0.15) is 27.2 Å². The van der Waals surface area contributed by atoms with Crippen LogP contribution in [-0.4, -0.2) is 37.6 Å². The van der Waals surface area contributed by atoms with Gasteiger partial charge >= 0.3 is 5.97 Å². The van der Waals surface area contributed by atoms with Gasteiger partial charge in [-0.25, -0.2) is 4.98 Å². The minimum atomic E-state index is -1.11. The van der Waals surface area contributed by atoms with E-state index in [1.54, 1.807) is 30.9 Å². The highest BCUT2D eigenvalue weighted by Crippen LogP contribution is 2.32. The van der Waals surface area contributed by atoms with Crippen LogP contribution in [0.2, 0.25) is 0 Å². The summed E-state index contributed by atoms with van der Waals surface area (Å²) >= 11 is 0. The molecule has 2 N–H and O–H groups in total. The van der Waals surface area contributed by atoms with Gasteiger partial charge in [0.1, 0.15) is 6.54 Å². The Morgan fingerprint density at radius 2 is 1.73 bits per heavy atom. The van der Waals surface area contributed by atoms with Gasteiger partial charge in [-0.05, 0) is 34.0 Å². The van der Waals surface area contributed by atoms with Crippen LogP contribution in [0.3, 0.4) is 0 Å². The fourth-order valence-electron chi connectivity index (χ4n) is 4.40. The Balaban J connectivity index is 1.49. The van der Waals surface area contributed by atoms with E-state index in [0.29, 0.717) is 24.2 Å². The lowest BCUT2D eigenvalue weighted by Crippen LogP contribution is -2.29. The van der Waals surface area contributed by atoms with Crippen LogP contribution in [0.15, 0.2) is 91.6 Å². The molecule has 0 fully saturated rings. The van der Waals surface area contributed by atoms with Gasteiger partial charge in [-0.1, -0.05) is 54.6 Å². The molecule has 2 aromatic heterocycles. The van der Waals surface area contributed by atoms with Crippen LogP contribution >= 0.6 is 0 Å². The van der Waals surface area contributed by atoms with Crippen molar-refractivity contribution in [3.8, 4) is 17.2 Å². The molecular weight excluding hydrogens is 466 g/mol. The maximum Gasteiger partial charge on any atom is 0.322 e. The number of carbonyl (C=O) groups excluding carboxylic acids is 1. The van der Waals surface area contributed by atoms with Crippen LogP contribution in [0.5, 0.6) is 0 Å². The molecule has 5 aromatic rings. The number of carboxylic acid groups (broad SMARTS) is 1. The second kappa shape index (κ2) is 10.2. The smallest absolute Gasteiger partial charge is 0.322 e. The number of hydrogen-bond donors (Lipinski definition) is 2. The molecule has 0 aliphatic rings. The van der Waals surface area contributed by atoms with Crippen LogP contribution in [-0.2, 0) is 17.9 Å². The van der Waals surface area contributed by atoms with Gasteiger partial charge in [-0.2, -0.15) is 5.26 Å².